The molecule has 2 amide bonds. The topological polar surface area (TPSA) is 50.4 Å². The highest BCUT2D eigenvalue weighted by atomic mass is 19.4. The van der Waals surface area contributed by atoms with Gasteiger partial charge in [-0.15, -0.1) is 0 Å². The van der Waals surface area contributed by atoms with Gasteiger partial charge in [0.25, 0.3) is 0 Å². The third-order valence-electron chi connectivity index (χ3n) is 2.39. The highest BCUT2D eigenvalue weighted by Crippen LogP contribution is 2.37. The molecule has 0 aromatic heterocycles. The zero-order valence-electron chi connectivity index (χ0n) is 10.9. The van der Waals surface area contributed by atoms with E-state index in [4.69, 9.17) is 0 Å². The van der Waals surface area contributed by atoms with E-state index in [2.05, 4.69) is 10.1 Å². The van der Waals surface area contributed by atoms with Crippen molar-refractivity contribution in [3.63, 3.8) is 0 Å². The molecular weight excluding hydrogens is 299 g/mol. The van der Waals surface area contributed by atoms with Gasteiger partial charge in [0.1, 0.15) is 5.75 Å². The molecule has 0 unspecified atom stereocenters. The molecule has 0 saturated carbocycles. The Morgan fingerprint density at radius 3 is 2.43 bits per heavy atom. The fourth-order valence-electron chi connectivity index (χ4n) is 1.60. The number of nitrogens with one attached hydrogen (secondary N) is 2. The van der Waals surface area contributed by atoms with Crippen molar-refractivity contribution in [1.82, 2.24) is 10.6 Å². The van der Waals surface area contributed by atoms with Crippen LogP contribution in [0.25, 0.3) is 0 Å². The number of alkyl halides is 5. The van der Waals surface area contributed by atoms with Gasteiger partial charge in [-0.25, -0.2) is 4.79 Å². The molecule has 0 fully saturated rings. The van der Waals surface area contributed by atoms with Crippen LogP contribution in [0.15, 0.2) is 24.3 Å². The normalized spacial score (nSPS) is 12.9. The van der Waals surface area contributed by atoms with E-state index in [1.165, 1.54) is 19.1 Å². The molecular formula is C12H13F5N2O2. The van der Waals surface area contributed by atoms with Crippen LogP contribution in [0.4, 0.5) is 26.7 Å². The van der Waals surface area contributed by atoms with Crippen LogP contribution in [-0.2, 0) is 0 Å². The number of halogens is 5. The Kier molecular flexibility index (Phi) is 5.74. The number of ether oxygens (including phenoxy) is 1. The van der Waals surface area contributed by atoms with Gasteiger partial charge in [0.05, 0.1) is 0 Å². The molecule has 0 aliphatic carbocycles. The van der Waals surface area contributed by atoms with Crippen LogP contribution in [0.2, 0.25) is 0 Å². The molecule has 0 radical (unpaired) electrons. The zero-order valence-corrected chi connectivity index (χ0v) is 10.9. The van der Waals surface area contributed by atoms with Gasteiger partial charge < -0.3 is 15.4 Å². The molecule has 2 N–H and O–H groups in total. The van der Waals surface area contributed by atoms with Crippen LogP contribution in [0.3, 0.4) is 0 Å². The summed E-state index contributed by atoms with van der Waals surface area (Å²) < 4.78 is 67.7. The molecule has 1 atom stereocenters. The van der Waals surface area contributed by atoms with Crippen molar-refractivity contribution in [3.05, 3.63) is 29.8 Å². The number of rotatable bonds is 5. The van der Waals surface area contributed by atoms with Crippen LogP contribution >= 0.6 is 0 Å². The minimum atomic E-state index is -4.87. The van der Waals surface area contributed by atoms with Gasteiger partial charge in [0, 0.05) is 12.1 Å². The van der Waals surface area contributed by atoms with Gasteiger partial charge in [0.15, 0.2) is 6.04 Å². The van der Waals surface area contributed by atoms with Crippen molar-refractivity contribution in [2.75, 3.05) is 6.54 Å². The molecule has 0 aliphatic rings. The SMILES string of the molecule is CCNC(=O)N[C@H](c1ccccc1OC(F)F)C(F)(F)F. The summed E-state index contributed by atoms with van der Waals surface area (Å²) in [5.74, 6) is -0.647. The van der Waals surface area contributed by atoms with Crippen LogP contribution in [0.1, 0.15) is 18.5 Å². The Labute approximate surface area is 117 Å². The summed E-state index contributed by atoms with van der Waals surface area (Å²) in [7, 11) is 0. The summed E-state index contributed by atoms with van der Waals surface area (Å²) in [5, 5.41) is 3.83. The number of carbonyl (C=O) groups excluding carboxylic acids is 1. The molecule has 21 heavy (non-hydrogen) atoms. The second-order valence-electron chi connectivity index (χ2n) is 3.89. The van der Waals surface area contributed by atoms with Gasteiger partial charge in [-0.3, -0.25) is 0 Å². The van der Waals surface area contributed by atoms with Gasteiger partial charge in [-0.1, -0.05) is 18.2 Å². The van der Waals surface area contributed by atoms with E-state index in [1.807, 2.05) is 0 Å². The number of carbonyl (C=O) groups is 1. The Morgan fingerprint density at radius 1 is 1.29 bits per heavy atom. The molecule has 0 heterocycles. The van der Waals surface area contributed by atoms with Crippen LogP contribution in [-0.4, -0.2) is 25.4 Å². The number of amides is 2. The Balaban J connectivity index is 3.12. The fourth-order valence-corrected chi connectivity index (χ4v) is 1.60. The van der Waals surface area contributed by atoms with E-state index < -0.39 is 36.2 Å². The molecule has 4 nitrogen and oxygen atoms in total. The maximum atomic E-state index is 13.0. The summed E-state index contributed by atoms with van der Waals surface area (Å²) in [5.41, 5.74) is -0.600. The zero-order chi connectivity index (χ0) is 16.0. The molecule has 1 aromatic carbocycles. The summed E-state index contributed by atoms with van der Waals surface area (Å²) in [4.78, 5) is 11.3. The molecule has 0 bridgehead atoms. The highest BCUT2D eigenvalue weighted by Gasteiger charge is 2.43. The Bertz CT molecular complexity index is 479. The molecule has 0 aliphatic heterocycles. The van der Waals surface area contributed by atoms with Gasteiger partial charge in [0.2, 0.25) is 0 Å². The van der Waals surface area contributed by atoms with E-state index in [0.717, 1.165) is 12.1 Å². The number of para-hydroxylation sites is 1. The lowest BCUT2D eigenvalue weighted by Gasteiger charge is -2.24. The average Bonchev–Trinajstić information content (AvgIpc) is 2.35. The first-order valence-electron chi connectivity index (χ1n) is 5.90. The van der Waals surface area contributed by atoms with Crippen molar-refractivity contribution < 1.29 is 31.5 Å². The average molecular weight is 312 g/mol. The van der Waals surface area contributed by atoms with Crippen LogP contribution < -0.4 is 15.4 Å². The summed E-state index contributed by atoms with van der Waals surface area (Å²) in [6.45, 7) is -1.63. The van der Waals surface area contributed by atoms with Gasteiger partial charge >= 0.3 is 18.8 Å². The van der Waals surface area contributed by atoms with Gasteiger partial charge in [-0.05, 0) is 13.0 Å². The lowest BCUT2D eigenvalue weighted by Crippen LogP contribution is -2.43. The predicted octanol–water partition coefficient (Wildman–Crippen LogP) is 3.21. The molecule has 1 rings (SSSR count). The van der Waals surface area contributed by atoms with Crippen molar-refractivity contribution in [2.24, 2.45) is 0 Å². The van der Waals surface area contributed by atoms with Crippen molar-refractivity contribution in [1.29, 1.82) is 0 Å². The first-order chi connectivity index (χ1) is 9.75. The minimum absolute atomic E-state index is 0.117. The molecule has 0 saturated heterocycles. The number of hydrogen-bond acceptors (Lipinski definition) is 2. The Hall–Kier alpha value is -2.06. The van der Waals surface area contributed by atoms with Crippen LogP contribution in [0, 0.1) is 0 Å². The lowest BCUT2D eigenvalue weighted by atomic mass is 10.1. The summed E-state index contributed by atoms with van der Waals surface area (Å²) in [6.07, 6.45) is -4.87. The number of urea groups is 1. The van der Waals surface area contributed by atoms with Crippen molar-refractivity contribution in [2.45, 2.75) is 25.8 Å². The fraction of sp³-hybridized carbons (Fsp3) is 0.417. The molecule has 9 heteroatoms. The van der Waals surface area contributed by atoms with E-state index >= 15 is 0 Å². The lowest BCUT2D eigenvalue weighted by molar-refractivity contribution is -0.156. The third-order valence-corrected chi connectivity index (χ3v) is 2.39. The van der Waals surface area contributed by atoms with E-state index in [0.29, 0.717) is 0 Å². The van der Waals surface area contributed by atoms with Crippen molar-refractivity contribution >= 4 is 6.03 Å². The van der Waals surface area contributed by atoms with Crippen LogP contribution in [0.5, 0.6) is 5.75 Å². The quantitative estimate of drug-likeness (QED) is 0.820. The second-order valence-corrected chi connectivity index (χ2v) is 3.89. The monoisotopic (exact) mass is 312 g/mol. The maximum Gasteiger partial charge on any atom is 0.413 e. The van der Waals surface area contributed by atoms with E-state index in [9.17, 15) is 26.7 Å². The van der Waals surface area contributed by atoms with E-state index in [1.54, 1.807) is 5.32 Å². The first-order valence-corrected chi connectivity index (χ1v) is 5.90. The van der Waals surface area contributed by atoms with E-state index in [-0.39, 0.29) is 6.54 Å². The van der Waals surface area contributed by atoms with Crippen molar-refractivity contribution in [3.8, 4) is 5.75 Å². The Morgan fingerprint density at radius 2 is 1.90 bits per heavy atom. The molecule has 0 spiro atoms. The highest BCUT2D eigenvalue weighted by molar-refractivity contribution is 5.74. The molecule has 118 valence electrons. The first kappa shape index (κ1) is 17.0. The van der Waals surface area contributed by atoms with Gasteiger partial charge in [-0.2, -0.15) is 22.0 Å². The predicted molar refractivity (Wildman–Crippen MR) is 64.1 cm³/mol. The number of benzene rings is 1. The standard InChI is InChI=1S/C12H13F5N2O2/c1-2-18-11(20)19-9(12(15,16)17)7-5-3-4-6-8(7)21-10(13)14/h3-6,9-10H,2H2,1H3,(H2,18,19,20)/t9-/m1/s1. The number of hydrogen-bond donors (Lipinski definition) is 2. The third kappa shape index (κ3) is 5.09. The maximum absolute atomic E-state index is 13.0. The second kappa shape index (κ2) is 7.09. The summed E-state index contributed by atoms with van der Waals surface area (Å²) >= 11 is 0. The summed E-state index contributed by atoms with van der Waals surface area (Å²) in [6, 6.07) is 0.888. The minimum Gasteiger partial charge on any atom is -0.434 e. The molecule has 1 aromatic rings. The smallest absolute Gasteiger partial charge is 0.413 e. The largest absolute Gasteiger partial charge is 0.434 e.